The van der Waals surface area contributed by atoms with Gasteiger partial charge >= 0.3 is 0 Å². The van der Waals surface area contributed by atoms with E-state index in [4.69, 9.17) is 4.98 Å². The third-order valence-corrected chi connectivity index (χ3v) is 3.76. The molecule has 0 amide bonds. The average molecular weight is 254 g/mol. The lowest BCUT2D eigenvalue weighted by Gasteiger charge is -2.05. The summed E-state index contributed by atoms with van der Waals surface area (Å²) < 4.78 is 0. The summed E-state index contributed by atoms with van der Waals surface area (Å²) in [5, 5.41) is 4.81. The van der Waals surface area contributed by atoms with Gasteiger partial charge in [-0.2, -0.15) is 0 Å². The highest BCUT2D eigenvalue weighted by molar-refractivity contribution is 7.11. The summed E-state index contributed by atoms with van der Waals surface area (Å²) in [6.45, 7) is 11.1. The minimum atomic E-state index is 0.691. The molecule has 0 saturated heterocycles. The number of hydrogen-bond acceptors (Lipinski definition) is 3. The summed E-state index contributed by atoms with van der Waals surface area (Å²) in [5.74, 6) is 0.691. The third-order valence-electron chi connectivity index (χ3n) is 2.60. The van der Waals surface area contributed by atoms with E-state index < -0.39 is 0 Å². The summed E-state index contributed by atoms with van der Waals surface area (Å²) in [7, 11) is 0. The first-order chi connectivity index (χ1) is 8.17. The number of aryl methyl sites for hydroxylation is 1. The molecule has 0 aliphatic carbocycles. The fraction of sp³-hybridized carbons (Fsp3) is 0.786. The zero-order valence-corrected chi connectivity index (χ0v) is 12.5. The molecule has 2 nitrogen and oxygen atoms in total. The second-order valence-corrected chi connectivity index (χ2v) is 6.17. The van der Waals surface area contributed by atoms with Crippen LogP contribution in [0.15, 0.2) is 0 Å². The second kappa shape index (κ2) is 7.83. The molecule has 1 N–H and O–H groups in total. The molecule has 17 heavy (non-hydrogen) atoms. The quantitative estimate of drug-likeness (QED) is 0.714. The Bertz CT molecular complexity index is 318. The van der Waals surface area contributed by atoms with Gasteiger partial charge in [-0.25, -0.2) is 4.98 Å². The number of hydrogen-bond donors (Lipinski definition) is 1. The van der Waals surface area contributed by atoms with Crippen molar-refractivity contribution in [1.82, 2.24) is 10.3 Å². The van der Waals surface area contributed by atoms with Gasteiger partial charge < -0.3 is 5.32 Å². The number of nitrogens with zero attached hydrogens (tertiary/aromatic N) is 1. The van der Waals surface area contributed by atoms with E-state index in [9.17, 15) is 0 Å². The van der Waals surface area contributed by atoms with Crippen molar-refractivity contribution in [3.8, 4) is 0 Å². The molecule has 1 aromatic heterocycles. The lowest BCUT2D eigenvalue weighted by molar-refractivity contribution is 0.621. The van der Waals surface area contributed by atoms with Crippen molar-refractivity contribution in [3.63, 3.8) is 0 Å². The molecule has 0 aromatic carbocycles. The molecule has 0 saturated carbocycles. The van der Waals surface area contributed by atoms with E-state index in [0.29, 0.717) is 5.92 Å². The predicted molar refractivity (Wildman–Crippen MR) is 76.6 cm³/mol. The molecule has 0 fully saturated rings. The number of nitrogens with one attached hydrogen (secondary N) is 1. The molecule has 1 heterocycles. The molecule has 0 aliphatic rings. The van der Waals surface area contributed by atoms with E-state index >= 15 is 0 Å². The van der Waals surface area contributed by atoms with Gasteiger partial charge in [-0.3, -0.25) is 0 Å². The van der Waals surface area contributed by atoms with Gasteiger partial charge in [-0.05, 0) is 38.1 Å². The lowest BCUT2D eigenvalue weighted by atomic mass is 10.1. The molecule has 0 radical (unpaired) electrons. The fourth-order valence-corrected chi connectivity index (χ4v) is 2.99. The Morgan fingerprint density at radius 1 is 1.24 bits per heavy atom. The second-order valence-electron chi connectivity index (χ2n) is 5.00. The first-order valence-corrected chi connectivity index (χ1v) is 7.67. The van der Waals surface area contributed by atoms with Crippen molar-refractivity contribution in [1.29, 1.82) is 0 Å². The van der Waals surface area contributed by atoms with Gasteiger partial charge in [-0.15, -0.1) is 11.3 Å². The van der Waals surface area contributed by atoms with Crippen LogP contribution in [0.3, 0.4) is 0 Å². The highest BCUT2D eigenvalue weighted by atomic mass is 32.1. The van der Waals surface area contributed by atoms with E-state index in [1.165, 1.54) is 28.4 Å². The van der Waals surface area contributed by atoms with Crippen molar-refractivity contribution in [3.05, 3.63) is 15.6 Å². The largest absolute Gasteiger partial charge is 0.312 e. The van der Waals surface area contributed by atoms with E-state index in [-0.39, 0.29) is 0 Å². The monoisotopic (exact) mass is 254 g/mol. The third kappa shape index (κ3) is 5.17. The van der Waals surface area contributed by atoms with Crippen molar-refractivity contribution in [2.45, 2.75) is 59.9 Å². The highest BCUT2D eigenvalue weighted by Gasteiger charge is 2.11. The Morgan fingerprint density at radius 3 is 2.59 bits per heavy atom. The summed E-state index contributed by atoms with van der Waals surface area (Å²) >= 11 is 1.90. The average Bonchev–Trinajstić information content (AvgIpc) is 2.61. The maximum Gasteiger partial charge on any atom is 0.0931 e. The molecule has 1 aromatic rings. The van der Waals surface area contributed by atoms with Crippen LogP contribution < -0.4 is 5.32 Å². The van der Waals surface area contributed by atoms with Gasteiger partial charge in [0.2, 0.25) is 0 Å². The molecule has 1 rings (SSSR count). The fourth-order valence-electron chi connectivity index (χ4n) is 1.82. The van der Waals surface area contributed by atoms with Crippen molar-refractivity contribution < 1.29 is 0 Å². The Labute approximate surface area is 110 Å². The van der Waals surface area contributed by atoms with Crippen molar-refractivity contribution in [2.24, 2.45) is 5.92 Å². The molecule has 3 heteroatoms. The van der Waals surface area contributed by atoms with E-state index in [2.05, 4.69) is 33.0 Å². The first kappa shape index (κ1) is 14.7. The van der Waals surface area contributed by atoms with Crippen LogP contribution in [0.5, 0.6) is 0 Å². The SMILES string of the molecule is CCCNCc1sc(CCC)nc1CC(C)C. The summed E-state index contributed by atoms with van der Waals surface area (Å²) in [5.41, 5.74) is 1.33. The van der Waals surface area contributed by atoms with Gasteiger partial charge in [-0.1, -0.05) is 27.7 Å². The summed E-state index contributed by atoms with van der Waals surface area (Å²) in [4.78, 5) is 6.25. The van der Waals surface area contributed by atoms with E-state index in [1.807, 2.05) is 11.3 Å². The van der Waals surface area contributed by atoms with Crippen LogP contribution in [0.1, 0.15) is 56.1 Å². The van der Waals surface area contributed by atoms with Crippen LogP contribution in [0.25, 0.3) is 0 Å². The zero-order chi connectivity index (χ0) is 12.7. The highest BCUT2D eigenvalue weighted by Crippen LogP contribution is 2.22. The number of rotatable bonds is 8. The smallest absolute Gasteiger partial charge is 0.0931 e. The van der Waals surface area contributed by atoms with Gasteiger partial charge in [0.25, 0.3) is 0 Å². The Hall–Kier alpha value is -0.410. The molecule has 0 bridgehead atoms. The minimum absolute atomic E-state index is 0.691. The molecule has 0 atom stereocenters. The van der Waals surface area contributed by atoms with Crippen LogP contribution in [0.4, 0.5) is 0 Å². The summed E-state index contributed by atoms with van der Waals surface area (Å²) in [6, 6.07) is 0. The maximum atomic E-state index is 4.80. The standard InChI is InChI=1S/C14H26N2S/c1-5-7-14-16-12(9-11(3)4)13(17-14)10-15-8-6-2/h11,15H,5-10H2,1-4H3. The Morgan fingerprint density at radius 2 is 2.00 bits per heavy atom. The molecular formula is C14H26N2S. The number of aromatic nitrogens is 1. The predicted octanol–water partition coefficient (Wildman–Crippen LogP) is 3.79. The minimum Gasteiger partial charge on any atom is -0.312 e. The molecule has 98 valence electrons. The van der Waals surface area contributed by atoms with Crippen LogP contribution in [-0.4, -0.2) is 11.5 Å². The lowest BCUT2D eigenvalue weighted by Crippen LogP contribution is -2.14. The van der Waals surface area contributed by atoms with Gasteiger partial charge in [0.1, 0.15) is 0 Å². The molecule has 0 aliphatic heterocycles. The van der Waals surface area contributed by atoms with Crippen LogP contribution in [0, 0.1) is 5.92 Å². The van der Waals surface area contributed by atoms with Crippen LogP contribution in [-0.2, 0) is 19.4 Å². The Balaban J connectivity index is 2.68. The van der Waals surface area contributed by atoms with E-state index in [0.717, 1.165) is 25.9 Å². The van der Waals surface area contributed by atoms with E-state index in [1.54, 1.807) is 0 Å². The van der Waals surface area contributed by atoms with Crippen LogP contribution in [0.2, 0.25) is 0 Å². The van der Waals surface area contributed by atoms with Gasteiger partial charge in [0, 0.05) is 11.4 Å². The maximum absolute atomic E-state index is 4.80. The van der Waals surface area contributed by atoms with Gasteiger partial charge in [0.05, 0.1) is 10.7 Å². The normalized spacial score (nSPS) is 11.4. The van der Waals surface area contributed by atoms with Crippen molar-refractivity contribution >= 4 is 11.3 Å². The topological polar surface area (TPSA) is 24.9 Å². The van der Waals surface area contributed by atoms with Gasteiger partial charge in [0.15, 0.2) is 0 Å². The molecule has 0 unspecified atom stereocenters. The van der Waals surface area contributed by atoms with Crippen LogP contribution >= 0.6 is 11.3 Å². The van der Waals surface area contributed by atoms with Crippen molar-refractivity contribution in [2.75, 3.05) is 6.54 Å². The molecule has 0 spiro atoms. The first-order valence-electron chi connectivity index (χ1n) is 6.85. The summed E-state index contributed by atoms with van der Waals surface area (Å²) in [6.07, 6.45) is 4.63. The Kier molecular flexibility index (Phi) is 6.75. The molecular weight excluding hydrogens is 228 g/mol. The zero-order valence-electron chi connectivity index (χ0n) is 11.7. The number of thiazole rings is 1.